The molecule has 0 aliphatic carbocycles. The van der Waals surface area contributed by atoms with Crippen LogP contribution < -0.4 is 5.32 Å². The van der Waals surface area contributed by atoms with Crippen LogP contribution in [-0.2, 0) is 5.41 Å². The number of anilines is 2. The zero-order valence-electron chi connectivity index (χ0n) is 12.6. The molecule has 2 rings (SSSR count). The number of halogens is 1. The number of aryl methyl sites for hydroxylation is 1. The summed E-state index contributed by atoms with van der Waals surface area (Å²) in [7, 11) is 0. The van der Waals surface area contributed by atoms with Crippen molar-refractivity contribution in [2.24, 2.45) is 0 Å². The van der Waals surface area contributed by atoms with Gasteiger partial charge < -0.3 is 5.32 Å². The van der Waals surface area contributed by atoms with Gasteiger partial charge in [0.15, 0.2) is 0 Å². The zero-order chi connectivity index (χ0) is 14.9. The van der Waals surface area contributed by atoms with Crippen molar-refractivity contribution in [3.8, 4) is 0 Å². The largest absolute Gasteiger partial charge is 0.340 e. The maximum absolute atomic E-state index is 6.08. The van der Waals surface area contributed by atoms with Gasteiger partial charge >= 0.3 is 0 Å². The number of hydrogen-bond donors (Lipinski definition) is 1. The third-order valence-electron chi connectivity index (χ3n) is 3.21. The second-order valence-corrected chi connectivity index (χ2v) is 6.35. The van der Waals surface area contributed by atoms with Gasteiger partial charge in [-0.1, -0.05) is 44.5 Å². The van der Waals surface area contributed by atoms with E-state index in [1.807, 2.05) is 13.8 Å². The summed E-state index contributed by atoms with van der Waals surface area (Å²) in [5.74, 6) is 1.42. The molecule has 1 heterocycles. The van der Waals surface area contributed by atoms with Gasteiger partial charge in [-0.05, 0) is 37.0 Å². The summed E-state index contributed by atoms with van der Waals surface area (Å²) in [6, 6.07) is 8.39. The second-order valence-electron chi connectivity index (χ2n) is 5.99. The van der Waals surface area contributed by atoms with Gasteiger partial charge in [-0.15, -0.1) is 0 Å². The first-order chi connectivity index (χ1) is 9.27. The fourth-order valence-electron chi connectivity index (χ4n) is 1.91. The average molecular weight is 290 g/mol. The Balaban J connectivity index is 2.27. The van der Waals surface area contributed by atoms with E-state index in [0.29, 0.717) is 11.0 Å². The molecule has 0 saturated heterocycles. The molecule has 0 radical (unpaired) electrons. The quantitative estimate of drug-likeness (QED) is 0.808. The summed E-state index contributed by atoms with van der Waals surface area (Å²) in [4.78, 5) is 8.53. The highest BCUT2D eigenvalue weighted by Gasteiger charge is 2.13. The molecule has 20 heavy (non-hydrogen) atoms. The van der Waals surface area contributed by atoms with Gasteiger partial charge in [-0.25, -0.2) is 9.97 Å². The number of hydrogen-bond acceptors (Lipinski definition) is 3. The van der Waals surface area contributed by atoms with Gasteiger partial charge in [0.25, 0.3) is 0 Å². The Morgan fingerprint density at radius 3 is 2.15 bits per heavy atom. The van der Waals surface area contributed by atoms with E-state index in [-0.39, 0.29) is 5.41 Å². The number of benzene rings is 1. The van der Waals surface area contributed by atoms with Crippen molar-refractivity contribution in [1.82, 2.24) is 9.97 Å². The van der Waals surface area contributed by atoms with Gasteiger partial charge in [0.05, 0.1) is 0 Å². The van der Waals surface area contributed by atoms with Crippen LogP contribution in [0.25, 0.3) is 0 Å². The summed E-state index contributed by atoms with van der Waals surface area (Å²) in [5, 5.41) is 3.79. The third-order valence-corrected chi connectivity index (χ3v) is 3.58. The van der Waals surface area contributed by atoms with Crippen LogP contribution in [0.3, 0.4) is 0 Å². The fraction of sp³-hybridized carbons (Fsp3) is 0.375. The Bertz CT molecular complexity index is 613. The molecule has 0 saturated carbocycles. The van der Waals surface area contributed by atoms with Crippen LogP contribution in [0.15, 0.2) is 24.3 Å². The molecule has 3 nitrogen and oxygen atoms in total. The van der Waals surface area contributed by atoms with E-state index in [1.165, 1.54) is 5.56 Å². The van der Waals surface area contributed by atoms with Crippen LogP contribution in [0.1, 0.15) is 37.7 Å². The summed E-state index contributed by atoms with van der Waals surface area (Å²) in [6.45, 7) is 10.3. The molecule has 1 aromatic heterocycles. The van der Waals surface area contributed by atoms with E-state index in [4.69, 9.17) is 11.6 Å². The fourth-order valence-corrected chi connectivity index (χ4v) is 2.12. The highest BCUT2D eigenvalue weighted by molar-refractivity contribution is 6.30. The molecular weight excluding hydrogens is 270 g/mol. The van der Waals surface area contributed by atoms with Crippen LogP contribution >= 0.6 is 11.6 Å². The average Bonchev–Trinajstić information content (AvgIpc) is 2.35. The predicted octanol–water partition coefficient (Wildman–Crippen LogP) is 4.79. The first kappa shape index (κ1) is 14.8. The van der Waals surface area contributed by atoms with Crippen molar-refractivity contribution in [2.45, 2.75) is 40.0 Å². The molecular formula is C16H20ClN3. The first-order valence-corrected chi connectivity index (χ1v) is 7.03. The van der Waals surface area contributed by atoms with Crippen molar-refractivity contribution < 1.29 is 0 Å². The molecule has 0 amide bonds. The molecule has 0 unspecified atom stereocenters. The van der Waals surface area contributed by atoms with E-state index in [0.717, 1.165) is 17.1 Å². The Morgan fingerprint density at radius 1 is 1.00 bits per heavy atom. The number of nitrogens with zero attached hydrogens (tertiary/aromatic N) is 2. The van der Waals surface area contributed by atoms with Crippen molar-refractivity contribution in [2.75, 3.05) is 5.32 Å². The van der Waals surface area contributed by atoms with Gasteiger partial charge in [0, 0.05) is 11.3 Å². The highest BCUT2D eigenvalue weighted by atomic mass is 35.5. The van der Waals surface area contributed by atoms with Gasteiger partial charge in [0.1, 0.15) is 16.8 Å². The number of nitrogens with one attached hydrogen (secondary N) is 1. The molecule has 0 fully saturated rings. The Labute approximate surface area is 125 Å². The van der Waals surface area contributed by atoms with Gasteiger partial charge in [-0.2, -0.15) is 0 Å². The van der Waals surface area contributed by atoms with Crippen LogP contribution in [-0.4, -0.2) is 9.97 Å². The predicted molar refractivity (Wildman–Crippen MR) is 84.9 cm³/mol. The zero-order valence-corrected chi connectivity index (χ0v) is 13.3. The summed E-state index contributed by atoms with van der Waals surface area (Å²) in [6.07, 6.45) is 0. The lowest BCUT2D eigenvalue weighted by atomic mass is 9.87. The van der Waals surface area contributed by atoms with E-state index in [2.05, 4.69) is 60.3 Å². The number of rotatable bonds is 2. The van der Waals surface area contributed by atoms with E-state index in [1.54, 1.807) is 0 Å². The Hall–Kier alpha value is -1.61. The molecule has 0 spiro atoms. The Kier molecular flexibility index (Phi) is 4.00. The monoisotopic (exact) mass is 289 g/mol. The minimum absolute atomic E-state index is 0.156. The maximum atomic E-state index is 6.08. The van der Waals surface area contributed by atoms with Crippen molar-refractivity contribution >= 4 is 23.1 Å². The lowest BCUT2D eigenvalue weighted by molar-refractivity contribution is 0.590. The molecule has 0 bridgehead atoms. The van der Waals surface area contributed by atoms with Gasteiger partial charge in [0.2, 0.25) is 0 Å². The van der Waals surface area contributed by atoms with Gasteiger partial charge in [-0.3, -0.25) is 0 Å². The van der Waals surface area contributed by atoms with Crippen molar-refractivity contribution in [1.29, 1.82) is 0 Å². The molecule has 1 N–H and O–H groups in total. The lowest BCUT2D eigenvalue weighted by Gasteiger charge is -2.19. The normalized spacial score (nSPS) is 11.5. The summed E-state index contributed by atoms with van der Waals surface area (Å²) >= 11 is 6.08. The first-order valence-electron chi connectivity index (χ1n) is 6.65. The highest BCUT2D eigenvalue weighted by Crippen LogP contribution is 2.26. The molecule has 0 aliphatic heterocycles. The van der Waals surface area contributed by atoms with Crippen LogP contribution in [0.5, 0.6) is 0 Å². The van der Waals surface area contributed by atoms with E-state index >= 15 is 0 Å². The summed E-state index contributed by atoms with van der Waals surface area (Å²) in [5.41, 5.74) is 3.31. The molecule has 106 valence electrons. The number of aromatic nitrogens is 2. The maximum Gasteiger partial charge on any atom is 0.138 e. The lowest BCUT2D eigenvalue weighted by Crippen LogP contribution is -2.10. The van der Waals surface area contributed by atoms with E-state index < -0.39 is 0 Å². The van der Waals surface area contributed by atoms with Crippen molar-refractivity contribution in [3.05, 3.63) is 46.4 Å². The molecule has 0 atom stereocenters. The minimum atomic E-state index is 0.156. The van der Waals surface area contributed by atoms with Crippen LogP contribution in [0.2, 0.25) is 5.15 Å². The van der Waals surface area contributed by atoms with Crippen LogP contribution in [0, 0.1) is 13.8 Å². The molecule has 1 aromatic carbocycles. The van der Waals surface area contributed by atoms with Crippen molar-refractivity contribution in [3.63, 3.8) is 0 Å². The smallest absolute Gasteiger partial charge is 0.138 e. The topological polar surface area (TPSA) is 37.8 Å². The standard InChI is InChI=1S/C16H20ClN3/c1-10-14(17)18-11(2)19-15(10)20-13-8-6-12(7-9-13)16(3,4)5/h6-9H,1-5H3,(H,18,19,20). The summed E-state index contributed by atoms with van der Waals surface area (Å²) < 4.78 is 0. The SMILES string of the molecule is Cc1nc(Cl)c(C)c(Nc2ccc(C(C)(C)C)cc2)n1. The Morgan fingerprint density at radius 2 is 1.60 bits per heavy atom. The molecule has 4 heteroatoms. The molecule has 2 aromatic rings. The minimum Gasteiger partial charge on any atom is -0.340 e. The second kappa shape index (κ2) is 5.41. The third kappa shape index (κ3) is 3.28. The molecule has 0 aliphatic rings. The van der Waals surface area contributed by atoms with Crippen LogP contribution in [0.4, 0.5) is 11.5 Å². The van der Waals surface area contributed by atoms with E-state index in [9.17, 15) is 0 Å².